The van der Waals surface area contributed by atoms with Crippen molar-refractivity contribution in [2.75, 3.05) is 31.3 Å². The van der Waals surface area contributed by atoms with Crippen molar-refractivity contribution in [1.82, 2.24) is 15.0 Å². The first-order valence-corrected chi connectivity index (χ1v) is 7.58. The average molecular weight is 329 g/mol. The van der Waals surface area contributed by atoms with E-state index in [1.54, 1.807) is 13.8 Å². The summed E-state index contributed by atoms with van der Waals surface area (Å²) in [6, 6.07) is 0. The number of hydrogen-bond acceptors (Lipinski definition) is 9. The molecule has 0 radical (unpaired) electrons. The minimum Gasteiger partial charge on any atom is -0.394 e. The van der Waals surface area contributed by atoms with Crippen molar-refractivity contribution in [2.24, 2.45) is 0 Å². The maximum absolute atomic E-state index is 8.89. The molecular weight excluding hydrogens is 302 g/mol. The van der Waals surface area contributed by atoms with Crippen LogP contribution in [0.25, 0.3) is 0 Å². The number of anilines is 2. The third-order valence-electron chi connectivity index (χ3n) is 2.98. The first-order valence-electron chi connectivity index (χ1n) is 7.58. The maximum Gasteiger partial charge on any atom is 0.225 e. The highest BCUT2D eigenvalue weighted by atomic mass is 16.6. The van der Waals surface area contributed by atoms with E-state index in [0.29, 0.717) is 19.0 Å². The first kappa shape index (κ1) is 19.5. The molecule has 9 heteroatoms. The quantitative estimate of drug-likeness (QED) is 0.553. The Morgan fingerprint density at radius 1 is 0.870 bits per heavy atom. The Morgan fingerprint density at radius 3 is 1.96 bits per heavy atom. The predicted octanol–water partition coefficient (Wildman–Crippen LogP) is 0.305. The molecule has 4 unspecified atom stereocenters. The van der Waals surface area contributed by atoms with Crippen LogP contribution >= 0.6 is 0 Å². The first-order chi connectivity index (χ1) is 10.8. The Balaban J connectivity index is 2.36. The number of aliphatic hydroxyl groups excluding tert-OH is 1. The van der Waals surface area contributed by atoms with E-state index in [4.69, 9.17) is 30.8 Å². The van der Waals surface area contributed by atoms with Gasteiger partial charge in [0.15, 0.2) is 5.82 Å². The monoisotopic (exact) mass is 329 g/mol. The number of aromatic nitrogens is 3. The van der Waals surface area contributed by atoms with E-state index in [0.717, 1.165) is 0 Å². The Bertz CT molecular complexity index is 456. The van der Waals surface area contributed by atoms with Crippen molar-refractivity contribution < 1.29 is 19.3 Å². The van der Waals surface area contributed by atoms with Crippen LogP contribution in [0.3, 0.4) is 0 Å². The molecule has 1 aromatic rings. The molecule has 0 aliphatic rings. The van der Waals surface area contributed by atoms with Crippen molar-refractivity contribution in [1.29, 1.82) is 0 Å². The lowest BCUT2D eigenvalue weighted by molar-refractivity contribution is -0.0887. The fraction of sp³-hybridized carbons (Fsp3) is 0.786. The summed E-state index contributed by atoms with van der Waals surface area (Å²) in [5.41, 5.74) is 11.1. The fourth-order valence-electron chi connectivity index (χ4n) is 1.76. The van der Waals surface area contributed by atoms with Gasteiger partial charge in [0.25, 0.3) is 0 Å². The van der Waals surface area contributed by atoms with Gasteiger partial charge in [0.05, 0.1) is 38.1 Å². The third kappa shape index (κ3) is 7.51. The van der Waals surface area contributed by atoms with Gasteiger partial charge in [0.2, 0.25) is 11.9 Å². The highest BCUT2D eigenvalue weighted by Crippen LogP contribution is 2.16. The van der Waals surface area contributed by atoms with E-state index in [2.05, 4.69) is 15.0 Å². The maximum atomic E-state index is 8.89. The van der Waals surface area contributed by atoms with Crippen LogP contribution in [-0.2, 0) is 14.2 Å². The van der Waals surface area contributed by atoms with Gasteiger partial charge < -0.3 is 30.8 Å². The van der Waals surface area contributed by atoms with Crippen molar-refractivity contribution in [3.8, 4) is 0 Å². The molecule has 0 amide bonds. The number of rotatable bonds is 10. The smallest absolute Gasteiger partial charge is 0.225 e. The van der Waals surface area contributed by atoms with Crippen LogP contribution in [0.1, 0.15) is 39.6 Å². The van der Waals surface area contributed by atoms with E-state index in [-0.39, 0.29) is 42.9 Å². The Hall–Kier alpha value is -1.55. The van der Waals surface area contributed by atoms with Crippen molar-refractivity contribution in [2.45, 2.75) is 52.1 Å². The number of nitrogens with zero attached hydrogens (tertiary/aromatic N) is 3. The summed E-state index contributed by atoms with van der Waals surface area (Å²) in [6.07, 6.45) is -0.868. The molecule has 4 atom stereocenters. The van der Waals surface area contributed by atoms with Gasteiger partial charge in [0, 0.05) is 0 Å². The van der Waals surface area contributed by atoms with Gasteiger partial charge in [-0.05, 0) is 27.7 Å². The highest BCUT2D eigenvalue weighted by Gasteiger charge is 2.16. The summed E-state index contributed by atoms with van der Waals surface area (Å²) in [4.78, 5) is 11.7. The molecule has 9 nitrogen and oxygen atoms in total. The van der Waals surface area contributed by atoms with Gasteiger partial charge in [-0.25, -0.2) is 0 Å². The molecular formula is C14H27N5O4. The lowest BCUT2D eigenvalue weighted by Crippen LogP contribution is -2.27. The Labute approximate surface area is 136 Å². The van der Waals surface area contributed by atoms with Crippen LogP contribution in [0.4, 0.5) is 11.9 Å². The van der Waals surface area contributed by atoms with Crippen LogP contribution in [0.15, 0.2) is 0 Å². The summed E-state index contributed by atoms with van der Waals surface area (Å²) in [5.74, 6) is 0.515. The van der Waals surface area contributed by atoms with Crippen molar-refractivity contribution in [3.05, 3.63) is 5.82 Å². The van der Waals surface area contributed by atoms with Gasteiger partial charge in [-0.1, -0.05) is 0 Å². The molecule has 5 N–H and O–H groups in total. The molecule has 1 rings (SSSR count). The minimum atomic E-state index is -0.387. The van der Waals surface area contributed by atoms with Crippen molar-refractivity contribution in [3.63, 3.8) is 0 Å². The molecule has 0 aliphatic heterocycles. The van der Waals surface area contributed by atoms with Crippen LogP contribution in [0, 0.1) is 0 Å². The zero-order valence-corrected chi connectivity index (χ0v) is 14.1. The molecule has 132 valence electrons. The zero-order chi connectivity index (χ0) is 17.4. The van der Waals surface area contributed by atoms with E-state index >= 15 is 0 Å². The van der Waals surface area contributed by atoms with E-state index in [1.807, 2.05) is 13.8 Å². The number of ether oxygens (including phenoxy) is 3. The van der Waals surface area contributed by atoms with Gasteiger partial charge >= 0.3 is 0 Å². The second-order valence-corrected chi connectivity index (χ2v) is 5.47. The number of nitrogens with two attached hydrogens (primary N) is 2. The number of hydrogen-bond donors (Lipinski definition) is 3. The van der Waals surface area contributed by atoms with E-state index in [9.17, 15) is 0 Å². The largest absolute Gasteiger partial charge is 0.394 e. The van der Waals surface area contributed by atoms with Gasteiger partial charge in [-0.2, -0.15) is 15.0 Å². The topological polar surface area (TPSA) is 139 Å². The SMILES string of the molecule is CC(CO)OCC(C)OCC(C)OC(C)c1nc(N)nc(N)n1. The van der Waals surface area contributed by atoms with Crippen LogP contribution < -0.4 is 11.5 Å². The van der Waals surface area contributed by atoms with Crippen LogP contribution in [0.5, 0.6) is 0 Å². The molecule has 0 fully saturated rings. The lowest BCUT2D eigenvalue weighted by atomic mass is 10.3. The standard InChI is InChI=1S/C14H27N5O4/c1-8(5-20)21-6-9(2)22-7-10(3)23-11(4)12-17-13(15)19-14(16)18-12/h8-11,20H,5-7H2,1-4H3,(H4,15,16,17,18,19). The van der Waals surface area contributed by atoms with E-state index < -0.39 is 0 Å². The van der Waals surface area contributed by atoms with E-state index in [1.165, 1.54) is 0 Å². The number of aliphatic hydroxyl groups is 1. The summed E-state index contributed by atoms with van der Waals surface area (Å²) in [7, 11) is 0. The molecule has 0 aliphatic carbocycles. The molecule has 0 aromatic carbocycles. The average Bonchev–Trinajstić information content (AvgIpc) is 2.49. The normalized spacial score (nSPS) is 16.7. The number of nitrogen functional groups attached to an aromatic ring is 2. The second-order valence-electron chi connectivity index (χ2n) is 5.47. The van der Waals surface area contributed by atoms with Gasteiger partial charge in [-0.3, -0.25) is 0 Å². The summed E-state index contributed by atoms with van der Waals surface area (Å²) < 4.78 is 16.8. The van der Waals surface area contributed by atoms with Crippen LogP contribution in [0.2, 0.25) is 0 Å². The molecule has 1 heterocycles. The summed E-state index contributed by atoms with van der Waals surface area (Å²) >= 11 is 0. The predicted molar refractivity (Wildman–Crippen MR) is 85.5 cm³/mol. The third-order valence-corrected chi connectivity index (χ3v) is 2.98. The summed E-state index contributed by atoms with van der Waals surface area (Å²) in [6.45, 7) is 8.17. The van der Waals surface area contributed by atoms with Gasteiger partial charge in [0.1, 0.15) is 6.10 Å². The molecule has 0 bridgehead atoms. The zero-order valence-electron chi connectivity index (χ0n) is 14.1. The van der Waals surface area contributed by atoms with Crippen LogP contribution in [-0.4, -0.2) is 58.2 Å². The Kier molecular flexibility index (Phi) is 8.10. The molecule has 0 saturated heterocycles. The molecule has 0 saturated carbocycles. The summed E-state index contributed by atoms with van der Waals surface area (Å²) in [5, 5.41) is 8.89. The lowest BCUT2D eigenvalue weighted by Gasteiger charge is -2.21. The second kappa shape index (κ2) is 9.56. The molecule has 0 spiro atoms. The molecule has 23 heavy (non-hydrogen) atoms. The fourth-order valence-corrected chi connectivity index (χ4v) is 1.76. The minimum absolute atomic E-state index is 0.0120. The van der Waals surface area contributed by atoms with Gasteiger partial charge in [-0.15, -0.1) is 0 Å². The molecule has 1 aromatic heterocycles. The highest BCUT2D eigenvalue weighted by molar-refractivity contribution is 5.26. The van der Waals surface area contributed by atoms with Crippen molar-refractivity contribution >= 4 is 11.9 Å². The Morgan fingerprint density at radius 2 is 1.39 bits per heavy atom.